The van der Waals surface area contributed by atoms with E-state index in [1.54, 1.807) is 0 Å². The molecule has 2 heterocycles. The second kappa shape index (κ2) is 10.4. The van der Waals surface area contributed by atoms with Gasteiger partial charge in [0.05, 0.1) is 17.9 Å². The Morgan fingerprint density at radius 2 is 1.62 bits per heavy atom. The van der Waals surface area contributed by atoms with Crippen molar-refractivity contribution in [2.45, 2.75) is 56.7 Å². The van der Waals surface area contributed by atoms with Crippen LogP contribution in [-0.2, 0) is 19.1 Å². The number of nitrogens with zero attached hydrogens (tertiary/aromatic N) is 1. The van der Waals surface area contributed by atoms with E-state index >= 15 is 0 Å². The van der Waals surface area contributed by atoms with Gasteiger partial charge in [0.1, 0.15) is 6.10 Å². The predicted octanol–water partition coefficient (Wildman–Crippen LogP) is 0.654. The quantitative estimate of drug-likeness (QED) is 0.507. The molecule has 2 aliphatic rings. The fraction of sp³-hybridized carbons (Fsp3) is 0.476. The number of carboxylic acids is 2. The average molecular weight is 422 g/mol. The maximum Gasteiger partial charge on any atom is 0.313 e. The van der Waals surface area contributed by atoms with E-state index < -0.39 is 11.9 Å². The molecule has 7 nitrogen and oxygen atoms in total. The molecule has 1 aromatic carbocycles. The van der Waals surface area contributed by atoms with Crippen LogP contribution in [0.3, 0.4) is 0 Å². The molecule has 158 valence electrons. The lowest BCUT2D eigenvalue weighted by atomic mass is 9.99. The number of fused-ring (bicyclic) bond motifs is 2. The molecule has 2 aliphatic heterocycles. The number of benzene rings is 1. The SMILES string of the molecule is CC(C(=O)OC1CC2CCC(C1)N2C)c1ccccc1Cl.O=C([O-])/C=C\C(=O)[O-]. The van der Waals surface area contributed by atoms with Crippen molar-refractivity contribution < 1.29 is 29.3 Å². The molecule has 2 bridgehead atoms. The van der Waals surface area contributed by atoms with E-state index in [1.807, 2.05) is 31.2 Å². The number of hydrogen-bond acceptors (Lipinski definition) is 7. The third kappa shape index (κ3) is 6.58. The van der Waals surface area contributed by atoms with E-state index in [2.05, 4.69) is 11.9 Å². The van der Waals surface area contributed by atoms with Crippen molar-refractivity contribution >= 4 is 29.5 Å². The molecular weight excluding hydrogens is 398 g/mol. The lowest BCUT2D eigenvalue weighted by Gasteiger charge is -2.36. The zero-order valence-electron chi connectivity index (χ0n) is 16.4. The molecular formula is C21H24ClNO6-2. The lowest BCUT2D eigenvalue weighted by molar-refractivity contribution is -0.301. The third-order valence-corrected chi connectivity index (χ3v) is 5.76. The van der Waals surface area contributed by atoms with Crippen molar-refractivity contribution in [3.05, 3.63) is 47.0 Å². The highest BCUT2D eigenvalue weighted by molar-refractivity contribution is 6.31. The highest BCUT2D eigenvalue weighted by Crippen LogP contribution is 2.36. The zero-order valence-corrected chi connectivity index (χ0v) is 17.1. The number of carbonyl (C=O) groups is 3. The van der Waals surface area contributed by atoms with Crippen molar-refractivity contribution in [2.24, 2.45) is 0 Å². The van der Waals surface area contributed by atoms with Gasteiger partial charge in [0, 0.05) is 17.1 Å². The predicted molar refractivity (Wildman–Crippen MR) is 103 cm³/mol. The second-order valence-corrected chi connectivity index (χ2v) is 7.70. The van der Waals surface area contributed by atoms with Crippen molar-refractivity contribution in [2.75, 3.05) is 7.05 Å². The Bertz CT molecular complexity index is 750. The van der Waals surface area contributed by atoms with E-state index in [0.29, 0.717) is 29.3 Å². The van der Waals surface area contributed by atoms with Crippen molar-refractivity contribution in [3.63, 3.8) is 0 Å². The van der Waals surface area contributed by atoms with Crippen LogP contribution in [0.5, 0.6) is 0 Å². The molecule has 3 atom stereocenters. The molecule has 0 radical (unpaired) electrons. The van der Waals surface area contributed by atoms with E-state index in [1.165, 1.54) is 12.8 Å². The van der Waals surface area contributed by atoms with Crippen LogP contribution in [0.15, 0.2) is 36.4 Å². The largest absolute Gasteiger partial charge is 0.545 e. The van der Waals surface area contributed by atoms with Crippen molar-refractivity contribution in [1.29, 1.82) is 0 Å². The first-order valence-electron chi connectivity index (χ1n) is 9.46. The average Bonchev–Trinajstić information content (AvgIpc) is 2.88. The molecule has 0 amide bonds. The van der Waals surface area contributed by atoms with Gasteiger partial charge in [-0.05, 0) is 63.4 Å². The van der Waals surface area contributed by atoms with E-state index in [0.717, 1.165) is 18.4 Å². The fourth-order valence-electron chi connectivity index (χ4n) is 3.81. The van der Waals surface area contributed by atoms with Gasteiger partial charge in [-0.3, -0.25) is 4.79 Å². The molecule has 0 aromatic heterocycles. The second-order valence-electron chi connectivity index (χ2n) is 7.30. The summed E-state index contributed by atoms with van der Waals surface area (Å²) in [5.74, 6) is -3.56. The van der Waals surface area contributed by atoms with Crippen LogP contribution in [0.1, 0.15) is 44.1 Å². The smallest absolute Gasteiger partial charge is 0.313 e. The van der Waals surface area contributed by atoms with Crippen LogP contribution in [-0.4, -0.2) is 48.0 Å². The number of halogens is 1. The third-order valence-electron chi connectivity index (χ3n) is 5.42. The topological polar surface area (TPSA) is 110 Å². The molecule has 0 N–H and O–H groups in total. The summed E-state index contributed by atoms with van der Waals surface area (Å²) in [4.78, 5) is 33.7. The van der Waals surface area contributed by atoms with Gasteiger partial charge in [0.25, 0.3) is 0 Å². The summed E-state index contributed by atoms with van der Waals surface area (Å²) in [7, 11) is 2.19. The summed E-state index contributed by atoms with van der Waals surface area (Å²) in [5.41, 5.74) is 0.847. The molecule has 8 heteroatoms. The Morgan fingerprint density at radius 3 is 2.10 bits per heavy atom. The molecule has 0 spiro atoms. The molecule has 2 saturated heterocycles. The van der Waals surface area contributed by atoms with E-state index in [9.17, 15) is 24.6 Å². The van der Waals surface area contributed by atoms with E-state index in [-0.39, 0.29) is 18.0 Å². The van der Waals surface area contributed by atoms with E-state index in [4.69, 9.17) is 16.3 Å². The number of aliphatic carboxylic acids is 2. The number of ether oxygens (including phenoxy) is 1. The minimum Gasteiger partial charge on any atom is -0.545 e. The Labute approximate surface area is 174 Å². The number of carbonyl (C=O) groups excluding carboxylic acids is 3. The Balaban J connectivity index is 0.000000321. The summed E-state index contributed by atoms with van der Waals surface area (Å²) in [6, 6.07) is 8.65. The monoisotopic (exact) mass is 421 g/mol. The minimum absolute atomic E-state index is 0.0659. The van der Waals surface area contributed by atoms with Crippen LogP contribution in [0.25, 0.3) is 0 Å². The Morgan fingerprint density at radius 1 is 1.10 bits per heavy atom. The first-order valence-corrected chi connectivity index (χ1v) is 9.83. The van der Waals surface area contributed by atoms with Gasteiger partial charge in [-0.1, -0.05) is 29.8 Å². The van der Waals surface area contributed by atoms with Gasteiger partial charge in [-0.15, -0.1) is 0 Å². The fourth-order valence-corrected chi connectivity index (χ4v) is 4.11. The van der Waals surface area contributed by atoms with Crippen LogP contribution < -0.4 is 10.2 Å². The first-order chi connectivity index (χ1) is 13.7. The normalized spacial score (nSPS) is 24.4. The number of esters is 1. The highest BCUT2D eigenvalue weighted by Gasteiger charge is 2.40. The molecule has 3 unspecified atom stereocenters. The molecule has 0 saturated carbocycles. The standard InChI is InChI=1S/C17H22ClNO2.C4H4O4/c1-11(15-5-3-4-6-16(15)18)17(20)21-14-9-12-7-8-13(10-14)19(12)2;5-3(6)1-2-4(7)8/h3-6,11-14H,7-10H2,1-2H3;1-2H,(H,5,6)(H,7,8)/p-2/b;2-1-. The lowest BCUT2D eigenvalue weighted by Crippen LogP contribution is -2.43. The molecule has 0 aliphatic carbocycles. The van der Waals surface area contributed by atoms with Gasteiger partial charge in [0.15, 0.2) is 0 Å². The maximum atomic E-state index is 12.4. The number of rotatable bonds is 5. The molecule has 29 heavy (non-hydrogen) atoms. The molecule has 2 fully saturated rings. The summed E-state index contributed by atoms with van der Waals surface area (Å²) in [6.45, 7) is 1.87. The first kappa shape index (κ1) is 22.9. The van der Waals surface area contributed by atoms with Crippen molar-refractivity contribution in [1.82, 2.24) is 4.90 Å². The van der Waals surface area contributed by atoms with Gasteiger partial charge in [-0.25, -0.2) is 0 Å². The highest BCUT2D eigenvalue weighted by atomic mass is 35.5. The zero-order chi connectivity index (χ0) is 21.6. The van der Waals surface area contributed by atoms with Crippen molar-refractivity contribution in [3.8, 4) is 0 Å². The van der Waals surface area contributed by atoms with Crippen LogP contribution in [0.4, 0.5) is 0 Å². The summed E-state index contributed by atoms with van der Waals surface area (Å²) >= 11 is 6.17. The summed E-state index contributed by atoms with van der Waals surface area (Å²) in [6.07, 6.45) is 5.23. The number of piperidine rings is 1. The molecule has 3 rings (SSSR count). The van der Waals surface area contributed by atoms with Crippen LogP contribution in [0.2, 0.25) is 5.02 Å². The Hall–Kier alpha value is -2.38. The Kier molecular flexibility index (Phi) is 8.22. The van der Waals surface area contributed by atoms with Gasteiger partial charge in [-0.2, -0.15) is 0 Å². The van der Waals surface area contributed by atoms with Gasteiger partial charge in [0.2, 0.25) is 0 Å². The van der Waals surface area contributed by atoms with Crippen LogP contribution in [0, 0.1) is 0 Å². The van der Waals surface area contributed by atoms with Crippen LogP contribution >= 0.6 is 11.6 Å². The van der Waals surface area contributed by atoms with Gasteiger partial charge < -0.3 is 29.4 Å². The minimum atomic E-state index is -1.55. The number of carboxylic acid groups (broad SMARTS) is 2. The number of hydrogen-bond donors (Lipinski definition) is 0. The maximum absolute atomic E-state index is 12.4. The summed E-state index contributed by atoms with van der Waals surface area (Å²) < 4.78 is 5.77. The molecule has 1 aromatic rings. The summed E-state index contributed by atoms with van der Waals surface area (Å²) in [5, 5.41) is 19.5. The van der Waals surface area contributed by atoms with Gasteiger partial charge >= 0.3 is 5.97 Å².